The third-order valence-corrected chi connectivity index (χ3v) is 6.41. The fourth-order valence-corrected chi connectivity index (χ4v) is 4.64. The van der Waals surface area contributed by atoms with Gasteiger partial charge in [-0.05, 0) is 72.5 Å². The van der Waals surface area contributed by atoms with Gasteiger partial charge in [0.25, 0.3) is 5.91 Å². The Morgan fingerprint density at radius 2 is 1.77 bits per heavy atom. The molecule has 1 aliphatic rings. The molecule has 1 aromatic heterocycles. The maximum atomic E-state index is 13.4. The molecule has 1 saturated carbocycles. The zero-order valence-electron chi connectivity index (χ0n) is 16.7. The first-order valence-electron chi connectivity index (χ1n) is 10.1. The molecule has 0 unspecified atom stereocenters. The van der Waals surface area contributed by atoms with Gasteiger partial charge in [-0.25, -0.2) is 0 Å². The van der Waals surface area contributed by atoms with E-state index in [1.54, 1.807) is 0 Å². The quantitative estimate of drug-likeness (QED) is 0.368. The maximum Gasteiger partial charge on any atom is 0.268 e. The highest BCUT2D eigenvalue weighted by Gasteiger charge is 2.42. The van der Waals surface area contributed by atoms with E-state index in [4.69, 9.17) is 15.9 Å². The molecule has 1 heterocycles. The lowest BCUT2D eigenvalue weighted by Crippen LogP contribution is -2.49. The van der Waals surface area contributed by atoms with Gasteiger partial charge in [-0.15, -0.1) is 11.3 Å². The van der Waals surface area contributed by atoms with Gasteiger partial charge in [-0.1, -0.05) is 36.8 Å². The molecule has 3 aromatic rings. The number of nitrogen functional groups attached to an aromatic ring is 1. The van der Waals surface area contributed by atoms with Crippen molar-refractivity contribution >= 4 is 28.8 Å². The van der Waals surface area contributed by atoms with Crippen LogP contribution in [0.5, 0.6) is 5.75 Å². The summed E-state index contributed by atoms with van der Waals surface area (Å²) in [5.41, 5.74) is 7.42. The second-order valence-electron chi connectivity index (χ2n) is 7.62. The Bertz CT molecular complexity index is 1040. The maximum absolute atomic E-state index is 13.4. The lowest BCUT2D eigenvalue weighted by atomic mass is 9.83. The summed E-state index contributed by atoms with van der Waals surface area (Å²) in [7, 11) is 0. The largest absolute Gasteiger partial charge is 0.477 e. The molecule has 0 radical (unpaired) electrons. The number of nitrogens with two attached hydrogens (primary N) is 1. The van der Waals surface area contributed by atoms with Gasteiger partial charge in [0.05, 0.1) is 4.88 Å². The zero-order chi connectivity index (χ0) is 21.0. The Kier molecular flexibility index (Phi) is 5.86. The average molecular weight is 420 g/mol. The minimum atomic E-state index is -0.847. The number of carbonyl (C=O) groups is 1. The van der Waals surface area contributed by atoms with Gasteiger partial charge >= 0.3 is 0 Å². The molecule has 5 nitrogen and oxygen atoms in total. The van der Waals surface area contributed by atoms with Gasteiger partial charge in [0.15, 0.2) is 5.60 Å². The van der Waals surface area contributed by atoms with Crippen LogP contribution in [0.4, 0.5) is 5.69 Å². The number of amidine groups is 1. The summed E-state index contributed by atoms with van der Waals surface area (Å²) in [6, 6.07) is 19.2. The van der Waals surface area contributed by atoms with Crippen LogP contribution in [-0.2, 0) is 4.79 Å². The fraction of sp³-hybridized carbons (Fsp3) is 0.250. The van der Waals surface area contributed by atoms with E-state index < -0.39 is 5.60 Å². The van der Waals surface area contributed by atoms with E-state index in [2.05, 4.69) is 5.32 Å². The van der Waals surface area contributed by atoms with Crippen LogP contribution in [0.2, 0.25) is 0 Å². The molecular formula is C24H25N3O2S. The van der Waals surface area contributed by atoms with E-state index in [0.717, 1.165) is 46.7 Å². The molecule has 0 bridgehead atoms. The molecule has 0 aliphatic heterocycles. The molecular weight excluding hydrogens is 394 g/mol. The van der Waals surface area contributed by atoms with Crippen molar-refractivity contribution in [1.82, 2.24) is 0 Å². The predicted octanol–water partition coefficient (Wildman–Crippen LogP) is 5.42. The number of thiophene rings is 1. The van der Waals surface area contributed by atoms with E-state index in [-0.39, 0.29) is 11.7 Å². The Labute approximate surface area is 180 Å². The van der Waals surface area contributed by atoms with Gasteiger partial charge in [0, 0.05) is 5.69 Å². The third-order valence-electron chi connectivity index (χ3n) is 5.45. The van der Waals surface area contributed by atoms with Crippen molar-refractivity contribution in [1.29, 1.82) is 5.41 Å². The van der Waals surface area contributed by atoms with Crippen LogP contribution in [0.3, 0.4) is 0 Å². The summed E-state index contributed by atoms with van der Waals surface area (Å²) >= 11 is 1.44. The smallest absolute Gasteiger partial charge is 0.268 e. The number of amides is 1. The Balaban J connectivity index is 1.55. The highest BCUT2D eigenvalue weighted by molar-refractivity contribution is 7.12. The molecule has 1 fully saturated rings. The number of benzene rings is 2. The standard InChI is InChI=1S/C24H25N3O2S/c25-22(26)21-15-18(16-30-21)17-8-7-9-19(14-17)27-23(28)24(12-5-2-6-13-24)29-20-10-3-1-4-11-20/h1,3-4,7-11,14-16H,2,5-6,12-13H2,(H3,25,26)(H,27,28). The molecule has 0 saturated heterocycles. The van der Waals surface area contributed by atoms with Gasteiger partial charge in [-0.3, -0.25) is 10.2 Å². The first-order chi connectivity index (χ1) is 14.6. The molecule has 2 aromatic carbocycles. The highest BCUT2D eigenvalue weighted by Crippen LogP contribution is 2.35. The summed E-state index contributed by atoms with van der Waals surface area (Å²) in [5, 5.41) is 12.6. The number of carbonyl (C=O) groups excluding carboxylic acids is 1. The summed E-state index contributed by atoms with van der Waals surface area (Å²) in [6.45, 7) is 0. The molecule has 6 heteroatoms. The second kappa shape index (κ2) is 8.71. The molecule has 4 rings (SSSR count). The van der Waals surface area contributed by atoms with Gasteiger partial charge in [0.2, 0.25) is 0 Å². The Morgan fingerprint density at radius 1 is 1.00 bits per heavy atom. The second-order valence-corrected chi connectivity index (χ2v) is 8.53. The number of ether oxygens (including phenoxy) is 1. The number of hydrogen-bond donors (Lipinski definition) is 3. The molecule has 30 heavy (non-hydrogen) atoms. The molecule has 154 valence electrons. The number of nitrogens with one attached hydrogen (secondary N) is 2. The minimum Gasteiger partial charge on any atom is -0.477 e. The van der Waals surface area contributed by atoms with Crippen molar-refractivity contribution in [2.24, 2.45) is 5.73 Å². The van der Waals surface area contributed by atoms with Crippen molar-refractivity contribution < 1.29 is 9.53 Å². The van der Waals surface area contributed by atoms with Crippen molar-refractivity contribution in [2.45, 2.75) is 37.7 Å². The van der Waals surface area contributed by atoms with E-state index in [0.29, 0.717) is 12.8 Å². The van der Waals surface area contributed by atoms with Crippen molar-refractivity contribution in [3.63, 3.8) is 0 Å². The van der Waals surface area contributed by atoms with E-state index in [1.165, 1.54) is 11.3 Å². The molecule has 1 amide bonds. The molecule has 0 atom stereocenters. The average Bonchev–Trinajstić information content (AvgIpc) is 3.26. The van der Waals surface area contributed by atoms with Crippen molar-refractivity contribution in [3.05, 3.63) is 70.9 Å². The summed E-state index contributed by atoms with van der Waals surface area (Å²) in [4.78, 5) is 14.1. The van der Waals surface area contributed by atoms with Crippen molar-refractivity contribution in [2.75, 3.05) is 5.32 Å². The van der Waals surface area contributed by atoms with Crippen LogP contribution in [0, 0.1) is 5.41 Å². The lowest BCUT2D eigenvalue weighted by molar-refractivity contribution is -0.134. The van der Waals surface area contributed by atoms with Crippen LogP contribution in [-0.4, -0.2) is 17.3 Å². The number of para-hydroxylation sites is 1. The minimum absolute atomic E-state index is 0.0630. The molecule has 0 spiro atoms. The van der Waals surface area contributed by atoms with Crippen LogP contribution in [0.25, 0.3) is 11.1 Å². The lowest BCUT2D eigenvalue weighted by Gasteiger charge is -2.36. The van der Waals surface area contributed by atoms with Gasteiger partial charge in [-0.2, -0.15) is 0 Å². The first kappa shape index (κ1) is 20.2. The van der Waals surface area contributed by atoms with Crippen LogP contribution in [0.15, 0.2) is 66.0 Å². The van der Waals surface area contributed by atoms with Gasteiger partial charge < -0.3 is 15.8 Å². The van der Waals surface area contributed by atoms with E-state index in [9.17, 15) is 4.79 Å². The Hall–Kier alpha value is -3.12. The molecule has 1 aliphatic carbocycles. The normalized spacial score (nSPS) is 15.3. The van der Waals surface area contributed by atoms with Gasteiger partial charge in [0.1, 0.15) is 11.6 Å². The van der Waals surface area contributed by atoms with Crippen LogP contribution < -0.4 is 15.8 Å². The first-order valence-corrected chi connectivity index (χ1v) is 11.0. The van der Waals surface area contributed by atoms with E-state index >= 15 is 0 Å². The molecule has 4 N–H and O–H groups in total. The number of hydrogen-bond acceptors (Lipinski definition) is 4. The highest BCUT2D eigenvalue weighted by atomic mass is 32.1. The summed E-state index contributed by atoms with van der Waals surface area (Å²) < 4.78 is 6.27. The Morgan fingerprint density at radius 3 is 2.47 bits per heavy atom. The summed E-state index contributed by atoms with van der Waals surface area (Å²) in [5.74, 6) is 0.685. The van der Waals surface area contributed by atoms with E-state index in [1.807, 2.05) is 66.0 Å². The third kappa shape index (κ3) is 4.39. The number of anilines is 1. The zero-order valence-corrected chi connectivity index (χ0v) is 17.5. The van der Waals surface area contributed by atoms with Crippen molar-refractivity contribution in [3.8, 4) is 16.9 Å². The van der Waals surface area contributed by atoms with Crippen LogP contribution >= 0.6 is 11.3 Å². The monoisotopic (exact) mass is 419 g/mol. The predicted molar refractivity (Wildman–Crippen MR) is 122 cm³/mol. The van der Waals surface area contributed by atoms with Crippen LogP contribution in [0.1, 0.15) is 37.0 Å². The SMILES string of the molecule is N=C(N)c1cc(-c2cccc(NC(=O)C3(Oc4ccccc4)CCCCC3)c2)cs1. The summed E-state index contributed by atoms with van der Waals surface area (Å²) in [6.07, 6.45) is 4.49. The fourth-order valence-electron chi connectivity index (χ4n) is 3.86. The topological polar surface area (TPSA) is 88.2 Å². The number of rotatable bonds is 6.